The van der Waals surface area contributed by atoms with Gasteiger partial charge in [-0.3, -0.25) is 9.36 Å². The third-order valence-corrected chi connectivity index (χ3v) is 5.53. The lowest BCUT2D eigenvalue weighted by atomic mass is 10.2. The summed E-state index contributed by atoms with van der Waals surface area (Å²) < 4.78 is 12.1. The van der Waals surface area contributed by atoms with Crippen molar-refractivity contribution in [2.24, 2.45) is 0 Å². The Morgan fingerprint density at radius 3 is 2.70 bits per heavy atom. The number of hydrogen-bond donors (Lipinski definition) is 0. The van der Waals surface area contributed by atoms with E-state index in [9.17, 15) is 4.79 Å². The highest BCUT2D eigenvalue weighted by Gasteiger charge is 2.14. The van der Waals surface area contributed by atoms with Crippen LogP contribution in [0.5, 0.6) is 5.75 Å². The van der Waals surface area contributed by atoms with Crippen molar-refractivity contribution in [1.29, 1.82) is 0 Å². The molecular formula is C24H24N2O3S. The smallest absolute Gasteiger partial charge is 0.266 e. The van der Waals surface area contributed by atoms with Crippen LogP contribution in [0.4, 0.5) is 0 Å². The summed E-state index contributed by atoms with van der Waals surface area (Å²) in [5.74, 6) is 2.16. The molecule has 1 aromatic heterocycles. The van der Waals surface area contributed by atoms with Crippen LogP contribution in [-0.4, -0.2) is 23.8 Å². The van der Waals surface area contributed by atoms with Crippen molar-refractivity contribution < 1.29 is 9.47 Å². The highest BCUT2D eigenvalue weighted by Crippen LogP contribution is 2.26. The van der Waals surface area contributed by atoms with E-state index in [-0.39, 0.29) is 5.56 Å². The van der Waals surface area contributed by atoms with Gasteiger partial charge in [0.2, 0.25) is 0 Å². The molecule has 0 radical (unpaired) electrons. The van der Waals surface area contributed by atoms with Crippen LogP contribution in [0.15, 0.2) is 89.0 Å². The normalized spacial score (nSPS) is 12.1. The highest BCUT2D eigenvalue weighted by molar-refractivity contribution is 7.98. The van der Waals surface area contributed by atoms with Gasteiger partial charge in [-0.1, -0.05) is 42.6 Å². The van der Waals surface area contributed by atoms with Crippen molar-refractivity contribution >= 4 is 28.4 Å². The molecule has 6 heteroatoms. The molecule has 30 heavy (non-hydrogen) atoms. The third kappa shape index (κ3) is 4.83. The van der Waals surface area contributed by atoms with E-state index >= 15 is 0 Å². The zero-order valence-corrected chi connectivity index (χ0v) is 18.1. The molecule has 0 aliphatic rings. The number of ether oxygens (including phenoxy) is 2. The summed E-state index contributed by atoms with van der Waals surface area (Å²) in [6.07, 6.45) is 5.25. The van der Waals surface area contributed by atoms with Crippen LogP contribution >= 0.6 is 11.8 Å². The summed E-state index contributed by atoms with van der Waals surface area (Å²) >= 11 is 1.49. The van der Waals surface area contributed by atoms with Crippen molar-refractivity contribution in [3.05, 3.63) is 95.0 Å². The second-order valence-corrected chi connectivity index (χ2v) is 7.41. The molecule has 0 saturated heterocycles. The van der Waals surface area contributed by atoms with Gasteiger partial charge >= 0.3 is 0 Å². The van der Waals surface area contributed by atoms with Gasteiger partial charge in [0.25, 0.3) is 5.56 Å². The number of rotatable bonds is 8. The van der Waals surface area contributed by atoms with E-state index in [1.54, 1.807) is 43.1 Å². The predicted molar refractivity (Wildman–Crippen MR) is 124 cm³/mol. The Bertz CT molecular complexity index is 1180. The Morgan fingerprint density at radius 2 is 1.97 bits per heavy atom. The van der Waals surface area contributed by atoms with Crippen molar-refractivity contribution in [1.82, 2.24) is 9.55 Å². The van der Waals surface area contributed by atoms with Gasteiger partial charge in [-0.05, 0) is 55.0 Å². The maximum atomic E-state index is 13.3. The molecule has 0 aliphatic heterocycles. The number of fused-ring (bicyclic) bond motifs is 1. The Kier molecular flexibility index (Phi) is 7.14. The summed E-state index contributed by atoms with van der Waals surface area (Å²) in [7, 11) is 3.25. The lowest BCUT2D eigenvalue weighted by Gasteiger charge is -2.14. The molecule has 3 rings (SSSR count). The number of nitrogens with zero attached hydrogens (tertiary/aromatic N) is 2. The minimum Gasteiger partial charge on any atom is -0.501 e. The van der Waals surface area contributed by atoms with Crippen molar-refractivity contribution in [2.75, 3.05) is 14.2 Å². The molecule has 0 amide bonds. The molecule has 0 unspecified atom stereocenters. The lowest BCUT2D eigenvalue weighted by Crippen LogP contribution is -2.22. The van der Waals surface area contributed by atoms with E-state index in [0.717, 1.165) is 17.1 Å². The average molecular weight is 421 g/mol. The average Bonchev–Trinajstić information content (AvgIpc) is 2.79. The molecule has 0 N–H and O–H groups in total. The first-order valence-corrected chi connectivity index (χ1v) is 10.4. The number of hydrogen-bond acceptors (Lipinski definition) is 5. The van der Waals surface area contributed by atoms with E-state index in [0.29, 0.717) is 27.5 Å². The molecule has 0 aliphatic carbocycles. The van der Waals surface area contributed by atoms with E-state index in [1.165, 1.54) is 11.8 Å². The summed E-state index contributed by atoms with van der Waals surface area (Å²) in [5.41, 5.74) is 2.23. The maximum absolute atomic E-state index is 13.3. The zero-order chi connectivity index (χ0) is 21.5. The number of methoxy groups -OCH3 is 2. The van der Waals surface area contributed by atoms with Crippen molar-refractivity contribution in [2.45, 2.75) is 17.8 Å². The zero-order valence-electron chi connectivity index (χ0n) is 17.3. The number of aromatic nitrogens is 2. The highest BCUT2D eigenvalue weighted by atomic mass is 32.2. The first kappa shape index (κ1) is 21.5. The number of thioether (sulfide) groups is 1. The van der Waals surface area contributed by atoms with Gasteiger partial charge in [-0.25, -0.2) is 4.98 Å². The summed E-state index contributed by atoms with van der Waals surface area (Å²) in [5, 5.41) is 1.15. The number of para-hydroxylation sites is 1. The van der Waals surface area contributed by atoms with E-state index < -0.39 is 0 Å². The fourth-order valence-electron chi connectivity index (χ4n) is 2.85. The number of benzene rings is 2. The summed E-state index contributed by atoms with van der Waals surface area (Å²) in [6.45, 7) is 5.74. The molecule has 0 saturated carbocycles. The van der Waals surface area contributed by atoms with Gasteiger partial charge in [0.05, 0.1) is 36.6 Å². The lowest BCUT2D eigenvalue weighted by molar-refractivity contribution is 0.294. The van der Waals surface area contributed by atoms with Crippen LogP contribution in [0, 0.1) is 0 Å². The topological polar surface area (TPSA) is 53.4 Å². The van der Waals surface area contributed by atoms with Gasteiger partial charge in [0, 0.05) is 5.75 Å². The molecule has 3 aromatic rings. The fourth-order valence-corrected chi connectivity index (χ4v) is 3.81. The molecular weight excluding hydrogens is 396 g/mol. The third-order valence-electron chi connectivity index (χ3n) is 4.53. The Labute approximate surface area is 180 Å². The molecule has 0 bridgehead atoms. The summed E-state index contributed by atoms with van der Waals surface area (Å²) in [6, 6.07) is 15.2. The monoisotopic (exact) mass is 420 g/mol. The Balaban J connectivity index is 2.10. The van der Waals surface area contributed by atoms with Crippen LogP contribution in [-0.2, 0) is 10.5 Å². The fraction of sp³-hybridized carbons (Fsp3) is 0.167. The van der Waals surface area contributed by atoms with E-state index in [1.807, 2.05) is 49.4 Å². The van der Waals surface area contributed by atoms with E-state index in [2.05, 4.69) is 6.58 Å². The standard InChI is InChI=1S/C24H24N2O3S/c1-5-19(14-13-17(2)28-3)26-23(27)21-11-6-7-12-22(21)25-24(26)30-16-18-9-8-10-20(15-18)29-4/h5-15H,1,16H2,2-4H3. The van der Waals surface area contributed by atoms with Gasteiger partial charge in [-0.15, -0.1) is 0 Å². The maximum Gasteiger partial charge on any atom is 0.266 e. The first-order chi connectivity index (χ1) is 14.6. The molecule has 154 valence electrons. The van der Waals surface area contributed by atoms with Gasteiger partial charge in [0.15, 0.2) is 5.16 Å². The largest absolute Gasteiger partial charge is 0.501 e. The minimum atomic E-state index is -0.136. The predicted octanol–water partition coefficient (Wildman–Crippen LogP) is 5.27. The summed E-state index contributed by atoms with van der Waals surface area (Å²) in [4.78, 5) is 18.1. The first-order valence-electron chi connectivity index (χ1n) is 9.40. The van der Waals surface area contributed by atoms with Crippen molar-refractivity contribution in [3.8, 4) is 5.75 Å². The van der Waals surface area contributed by atoms with Gasteiger partial charge < -0.3 is 9.47 Å². The van der Waals surface area contributed by atoms with Crippen LogP contribution in [0.3, 0.4) is 0 Å². The van der Waals surface area contributed by atoms with Crippen LogP contribution < -0.4 is 10.3 Å². The molecule has 0 spiro atoms. The molecule has 5 nitrogen and oxygen atoms in total. The van der Waals surface area contributed by atoms with Gasteiger partial charge in [-0.2, -0.15) is 0 Å². The quantitative estimate of drug-likeness (QED) is 0.215. The van der Waals surface area contributed by atoms with Gasteiger partial charge in [0.1, 0.15) is 5.75 Å². The second-order valence-electron chi connectivity index (χ2n) is 6.47. The molecule has 0 fully saturated rings. The number of allylic oxidation sites excluding steroid dienone is 5. The van der Waals surface area contributed by atoms with Crippen molar-refractivity contribution in [3.63, 3.8) is 0 Å². The van der Waals surface area contributed by atoms with E-state index in [4.69, 9.17) is 14.5 Å². The minimum absolute atomic E-state index is 0.136. The molecule has 2 aromatic carbocycles. The van der Waals surface area contributed by atoms with Crippen LogP contribution in [0.1, 0.15) is 12.5 Å². The molecule has 1 heterocycles. The van der Waals surface area contributed by atoms with Crippen LogP contribution in [0.25, 0.3) is 16.6 Å². The molecule has 0 atom stereocenters. The SMILES string of the molecule is C=CC(=CC=C(C)OC)n1c(SCc2cccc(OC)c2)nc2ccccc2c1=O. The Hall–Kier alpha value is -3.25. The Morgan fingerprint density at radius 1 is 1.17 bits per heavy atom. The van der Waals surface area contributed by atoms with Crippen LogP contribution in [0.2, 0.25) is 0 Å². The second kappa shape index (κ2) is 9.98.